The fourth-order valence-electron chi connectivity index (χ4n) is 3.62. The molecule has 0 aliphatic carbocycles. The van der Waals surface area contributed by atoms with Crippen LogP contribution in [0.5, 0.6) is 0 Å². The number of anilines is 2. The number of aromatic nitrogens is 7. The van der Waals surface area contributed by atoms with Crippen molar-refractivity contribution in [3.63, 3.8) is 0 Å². The summed E-state index contributed by atoms with van der Waals surface area (Å²) >= 11 is 6.53. The summed E-state index contributed by atoms with van der Waals surface area (Å²) in [5, 5.41) is 8.36. The first-order valence-electron chi connectivity index (χ1n) is 10.3. The molecule has 1 unspecified atom stereocenters. The summed E-state index contributed by atoms with van der Waals surface area (Å²) in [5.74, 6) is 1.21. The first kappa shape index (κ1) is 20.8. The molecule has 3 heterocycles. The summed E-state index contributed by atoms with van der Waals surface area (Å²) in [6.45, 7) is 1.98. The van der Waals surface area contributed by atoms with Crippen LogP contribution >= 0.6 is 11.6 Å². The molecule has 0 fully saturated rings. The number of halogens is 1. The zero-order chi connectivity index (χ0) is 22.9. The lowest BCUT2D eigenvalue weighted by Gasteiger charge is -2.20. The Morgan fingerprint density at radius 2 is 1.70 bits per heavy atom. The second kappa shape index (κ2) is 8.44. The van der Waals surface area contributed by atoms with Gasteiger partial charge in [0, 0.05) is 12.6 Å². The number of benzene rings is 2. The van der Waals surface area contributed by atoms with Crippen molar-refractivity contribution in [2.24, 2.45) is 7.05 Å². The van der Waals surface area contributed by atoms with E-state index in [1.54, 1.807) is 18.1 Å². The third-order valence-electron chi connectivity index (χ3n) is 5.19. The maximum absolute atomic E-state index is 6.53. The number of nitrogen functional groups attached to an aromatic ring is 1. The van der Waals surface area contributed by atoms with Crippen molar-refractivity contribution in [2.45, 2.75) is 13.0 Å². The van der Waals surface area contributed by atoms with Gasteiger partial charge in [0.15, 0.2) is 5.82 Å². The van der Waals surface area contributed by atoms with Crippen LogP contribution in [-0.4, -0.2) is 34.7 Å². The van der Waals surface area contributed by atoms with Crippen molar-refractivity contribution in [1.82, 2.24) is 34.7 Å². The minimum Gasteiger partial charge on any atom is -0.383 e. The van der Waals surface area contributed by atoms with Crippen LogP contribution in [0.15, 0.2) is 61.2 Å². The lowest BCUT2D eigenvalue weighted by molar-refractivity contribution is 0.767. The molecule has 10 heteroatoms. The highest BCUT2D eigenvalue weighted by Crippen LogP contribution is 2.35. The fourth-order valence-corrected chi connectivity index (χ4v) is 3.85. The minimum absolute atomic E-state index is 0.279. The highest BCUT2D eigenvalue weighted by Gasteiger charge is 2.22. The standard InChI is InChI=1S/C23H20ClN9/c1-13(29-22-18(21(25)26-11-27-22)23-28-12-33(2)32-23)19-20(14-7-3-4-8-15(14)24)31-17-10-6-5-9-16(17)30-19/h3-13H,1-2H3,(H3,25,26,27,29). The molecule has 164 valence electrons. The van der Waals surface area contributed by atoms with Gasteiger partial charge in [-0.1, -0.05) is 41.9 Å². The summed E-state index contributed by atoms with van der Waals surface area (Å²) in [7, 11) is 1.78. The maximum atomic E-state index is 6.53. The lowest BCUT2D eigenvalue weighted by atomic mass is 10.0. The molecule has 33 heavy (non-hydrogen) atoms. The number of fused-ring (bicyclic) bond motifs is 1. The van der Waals surface area contributed by atoms with Gasteiger partial charge in [0.1, 0.15) is 29.9 Å². The van der Waals surface area contributed by atoms with Crippen LogP contribution in [0, 0.1) is 0 Å². The van der Waals surface area contributed by atoms with E-state index < -0.39 is 0 Å². The zero-order valence-corrected chi connectivity index (χ0v) is 18.7. The Kier molecular flexibility index (Phi) is 5.31. The number of para-hydroxylation sites is 2. The molecule has 0 spiro atoms. The average molecular weight is 458 g/mol. The van der Waals surface area contributed by atoms with Crippen LogP contribution in [0.2, 0.25) is 5.02 Å². The topological polar surface area (TPSA) is 120 Å². The molecule has 1 atom stereocenters. The highest BCUT2D eigenvalue weighted by atomic mass is 35.5. The summed E-state index contributed by atoms with van der Waals surface area (Å²) < 4.78 is 1.60. The Morgan fingerprint density at radius 1 is 0.970 bits per heavy atom. The van der Waals surface area contributed by atoms with Gasteiger partial charge >= 0.3 is 0 Å². The number of nitrogens with zero attached hydrogens (tertiary/aromatic N) is 7. The van der Waals surface area contributed by atoms with Crippen molar-refractivity contribution >= 4 is 34.3 Å². The quantitative estimate of drug-likeness (QED) is 0.401. The molecular formula is C23H20ClN9. The Balaban J connectivity index is 1.63. The fraction of sp³-hybridized carbons (Fsp3) is 0.130. The van der Waals surface area contributed by atoms with Crippen LogP contribution in [0.25, 0.3) is 33.7 Å². The molecule has 3 aromatic heterocycles. The van der Waals surface area contributed by atoms with E-state index in [9.17, 15) is 0 Å². The second-order valence-corrected chi connectivity index (χ2v) is 7.92. The summed E-state index contributed by atoms with van der Waals surface area (Å²) in [4.78, 5) is 22.7. The largest absolute Gasteiger partial charge is 0.383 e. The molecule has 0 aliphatic rings. The van der Waals surface area contributed by atoms with E-state index in [1.165, 1.54) is 6.33 Å². The molecule has 5 rings (SSSR count). The highest BCUT2D eigenvalue weighted by molar-refractivity contribution is 6.33. The third-order valence-corrected chi connectivity index (χ3v) is 5.52. The van der Waals surface area contributed by atoms with Crippen molar-refractivity contribution in [2.75, 3.05) is 11.1 Å². The van der Waals surface area contributed by atoms with Crippen molar-refractivity contribution < 1.29 is 0 Å². The molecule has 5 aromatic rings. The maximum Gasteiger partial charge on any atom is 0.188 e. The van der Waals surface area contributed by atoms with Gasteiger partial charge in [0.2, 0.25) is 0 Å². The van der Waals surface area contributed by atoms with Crippen molar-refractivity contribution in [3.05, 3.63) is 71.9 Å². The SMILES string of the molecule is CC(Nc1ncnc(N)c1-c1ncn(C)n1)c1nc2ccccc2nc1-c1ccccc1Cl. The summed E-state index contributed by atoms with van der Waals surface area (Å²) in [5.41, 5.74) is 10.5. The molecule has 0 bridgehead atoms. The van der Waals surface area contributed by atoms with Crippen LogP contribution in [-0.2, 0) is 7.05 Å². The molecule has 2 aromatic carbocycles. The Morgan fingerprint density at radius 3 is 2.42 bits per heavy atom. The average Bonchev–Trinajstić information content (AvgIpc) is 3.24. The van der Waals surface area contributed by atoms with E-state index in [2.05, 4.69) is 25.4 Å². The van der Waals surface area contributed by atoms with Gasteiger partial charge in [-0.05, 0) is 25.1 Å². The molecule has 0 saturated heterocycles. The Labute approximate surface area is 194 Å². The van der Waals surface area contributed by atoms with Crippen LogP contribution in [0.1, 0.15) is 18.7 Å². The number of aryl methyl sites for hydroxylation is 1. The van der Waals surface area contributed by atoms with E-state index in [4.69, 9.17) is 27.3 Å². The van der Waals surface area contributed by atoms with Gasteiger partial charge < -0.3 is 11.1 Å². The number of hydrogen-bond donors (Lipinski definition) is 2. The van der Waals surface area contributed by atoms with E-state index in [0.29, 0.717) is 27.9 Å². The normalized spacial score (nSPS) is 12.1. The smallest absolute Gasteiger partial charge is 0.188 e. The van der Waals surface area contributed by atoms with Gasteiger partial charge in [0.05, 0.1) is 33.5 Å². The van der Waals surface area contributed by atoms with Gasteiger partial charge in [-0.15, -0.1) is 0 Å². The molecule has 3 N–H and O–H groups in total. The van der Waals surface area contributed by atoms with Gasteiger partial charge in [-0.3, -0.25) is 4.68 Å². The first-order valence-corrected chi connectivity index (χ1v) is 10.6. The minimum atomic E-state index is -0.301. The number of rotatable bonds is 5. The zero-order valence-electron chi connectivity index (χ0n) is 17.9. The first-order chi connectivity index (χ1) is 16.0. The van der Waals surface area contributed by atoms with Crippen LogP contribution < -0.4 is 11.1 Å². The molecule has 0 amide bonds. The predicted octanol–water partition coefficient (Wildman–Crippen LogP) is 4.29. The number of hydrogen-bond acceptors (Lipinski definition) is 8. The molecule has 9 nitrogen and oxygen atoms in total. The second-order valence-electron chi connectivity index (χ2n) is 7.52. The number of nitrogens with two attached hydrogens (primary N) is 1. The van der Waals surface area contributed by atoms with Crippen LogP contribution in [0.4, 0.5) is 11.6 Å². The van der Waals surface area contributed by atoms with Crippen LogP contribution in [0.3, 0.4) is 0 Å². The predicted molar refractivity (Wildman–Crippen MR) is 128 cm³/mol. The monoisotopic (exact) mass is 457 g/mol. The Bertz CT molecular complexity index is 1460. The van der Waals surface area contributed by atoms with Gasteiger partial charge in [-0.2, -0.15) is 5.10 Å². The molecule has 0 aliphatic heterocycles. The van der Waals surface area contributed by atoms with E-state index in [1.807, 2.05) is 55.5 Å². The third kappa shape index (κ3) is 3.94. The van der Waals surface area contributed by atoms with Crippen molar-refractivity contribution in [3.8, 4) is 22.6 Å². The summed E-state index contributed by atoms with van der Waals surface area (Å²) in [6.07, 6.45) is 3.00. The van der Waals surface area contributed by atoms with E-state index in [-0.39, 0.29) is 11.9 Å². The molecule has 0 saturated carbocycles. The molecule has 0 radical (unpaired) electrons. The number of nitrogens with one attached hydrogen (secondary N) is 1. The van der Waals surface area contributed by atoms with Crippen molar-refractivity contribution in [1.29, 1.82) is 0 Å². The summed E-state index contributed by atoms with van der Waals surface area (Å²) in [6, 6.07) is 15.0. The van der Waals surface area contributed by atoms with Gasteiger partial charge in [-0.25, -0.2) is 24.9 Å². The molecular weight excluding hydrogens is 438 g/mol. The Hall–Kier alpha value is -4.11. The van der Waals surface area contributed by atoms with E-state index in [0.717, 1.165) is 22.3 Å². The van der Waals surface area contributed by atoms with Gasteiger partial charge in [0.25, 0.3) is 0 Å². The van der Waals surface area contributed by atoms with E-state index >= 15 is 0 Å². The lowest BCUT2D eigenvalue weighted by Crippen LogP contribution is -2.14.